The second-order valence-electron chi connectivity index (χ2n) is 7.97. The summed E-state index contributed by atoms with van der Waals surface area (Å²) in [4.78, 5) is 27.1. The zero-order valence-electron chi connectivity index (χ0n) is 18.3. The number of nitrogens with zero attached hydrogens (tertiary/aromatic N) is 3. The van der Waals surface area contributed by atoms with Crippen LogP contribution in [-0.2, 0) is 0 Å². The van der Waals surface area contributed by atoms with Gasteiger partial charge in [0.15, 0.2) is 0 Å². The predicted molar refractivity (Wildman–Crippen MR) is 143 cm³/mol. The third kappa shape index (κ3) is 3.67. The van der Waals surface area contributed by atoms with Gasteiger partial charge in [-0.2, -0.15) is 0 Å². The van der Waals surface area contributed by atoms with Gasteiger partial charge in [0.2, 0.25) is 0 Å². The number of hydrogen-bond donors (Lipinski definition) is 0. The number of hydrogen-bond acceptors (Lipinski definition) is 5. The summed E-state index contributed by atoms with van der Waals surface area (Å²) in [6, 6.07) is 27.9. The molecule has 6 heteroatoms. The third-order valence-corrected chi connectivity index (χ3v) is 7.60. The van der Waals surface area contributed by atoms with Crippen LogP contribution in [0.1, 0.15) is 10.4 Å². The first-order valence-corrected chi connectivity index (χ1v) is 12.6. The van der Waals surface area contributed by atoms with Gasteiger partial charge >= 0.3 is 0 Å². The largest absolute Gasteiger partial charge is 0.311 e. The first-order valence-electron chi connectivity index (χ1n) is 10.8. The Morgan fingerprint density at radius 3 is 2.06 bits per heavy atom. The first kappa shape index (κ1) is 20.7. The zero-order chi connectivity index (χ0) is 23.1. The smallest absolute Gasteiger partial charge is 0.258 e. The SMILES string of the molecule is CN(C(=O)c1ccc2nc(-c3cccs3)c(-c3cccs3)nc2c1)c1ccc2ccccc2c1. The number of aromatic nitrogens is 2. The van der Waals surface area contributed by atoms with Crippen LogP contribution < -0.4 is 4.90 Å². The number of amides is 1. The summed E-state index contributed by atoms with van der Waals surface area (Å²) in [7, 11) is 1.80. The normalized spacial score (nSPS) is 11.2. The van der Waals surface area contributed by atoms with Crippen molar-refractivity contribution in [3.8, 4) is 21.1 Å². The van der Waals surface area contributed by atoms with Crippen LogP contribution in [0.4, 0.5) is 5.69 Å². The number of thiophene rings is 2. The molecule has 0 unspecified atom stereocenters. The van der Waals surface area contributed by atoms with Gasteiger partial charge in [-0.1, -0.05) is 42.5 Å². The maximum atomic E-state index is 13.4. The summed E-state index contributed by atoms with van der Waals surface area (Å²) in [5.74, 6) is -0.0843. The van der Waals surface area contributed by atoms with Gasteiger partial charge in [0, 0.05) is 18.3 Å². The van der Waals surface area contributed by atoms with Crippen LogP contribution in [0.25, 0.3) is 42.9 Å². The molecule has 0 aliphatic heterocycles. The van der Waals surface area contributed by atoms with Crippen LogP contribution in [0.15, 0.2) is 95.7 Å². The Kier molecular flexibility index (Phi) is 5.17. The standard InChI is InChI=1S/C28H19N3OS2/c1-31(21-12-10-18-6-2-3-7-19(18)16-21)28(32)20-11-13-22-23(17-20)30-27(25-9-5-15-34-25)26(29-22)24-8-4-14-33-24/h2-17H,1H3. The van der Waals surface area contributed by atoms with E-state index in [0.29, 0.717) is 11.1 Å². The Morgan fingerprint density at radius 2 is 1.38 bits per heavy atom. The molecule has 34 heavy (non-hydrogen) atoms. The predicted octanol–water partition coefficient (Wildman–Crippen LogP) is 7.52. The molecule has 6 rings (SSSR count). The Balaban J connectivity index is 1.41. The Hall–Kier alpha value is -3.87. The summed E-state index contributed by atoms with van der Waals surface area (Å²) in [5, 5.41) is 6.34. The van der Waals surface area contributed by atoms with Crippen molar-refractivity contribution < 1.29 is 4.79 Å². The van der Waals surface area contributed by atoms with Crippen molar-refractivity contribution in [2.45, 2.75) is 0 Å². The van der Waals surface area contributed by atoms with Gasteiger partial charge in [-0.25, -0.2) is 9.97 Å². The fourth-order valence-electron chi connectivity index (χ4n) is 4.05. The molecule has 0 N–H and O–H groups in total. The van der Waals surface area contributed by atoms with E-state index in [2.05, 4.69) is 24.3 Å². The maximum absolute atomic E-state index is 13.4. The summed E-state index contributed by atoms with van der Waals surface area (Å²) in [5.41, 5.74) is 4.63. The number of benzene rings is 3. The minimum atomic E-state index is -0.0843. The van der Waals surface area contributed by atoms with Crippen LogP contribution in [0.5, 0.6) is 0 Å². The van der Waals surface area contributed by atoms with Crippen molar-refractivity contribution in [2.75, 3.05) is 11.9 Å². The molecular formula is C28H19N3OS2. The fourth-order valence-corrected chi connectivity index (χ4v) is 5.48. The van der Waals surface area contributed by atoms with E-state index in [-0.39, 0.29) is 5.91 Å². The molecule has 0 saturated heterocycles. The van der Waals surface area contributed by atoms with Gasteiger partial charge in [0.05, 0.1) is 20.8 Å². The van der Waals surface area contributed by atoms with Gasteiger partial charge < -0.3 is 4.90 Å². The lowest BCUT2D eigenvalue weighted by Crippen LogP contribution is -2.26. The molecule has 3 aromatic heterocycles. The van der Waals surface area contributed by atoms with E-state index in [1.165, 1.54) is 0 Å². The average Bonchev–Trinajstić information content (AvgIpc) is 3.61. The molecule has 1 amide bonds. The zero-order valence-corrected chi connectivity index (χ0v) is 19.9. The van der Waals surface area contributed by atoms with Crippen molar-refractivity contribution in [3.05, 3.63) is 101 Å². The quantitative estimate of drug-likeness (QED) is 0.264. The molecule has 0 fully saturated rings. The second kappa shape index (κ2) is 8.48. The van der Waals surface area contributed by atoms with Gasteiger partial charge in [0.25, 0.3) is 5.91 Å². The molecular weight excluding hydrogens is 458 g/mol. The van der Waals surface area contributed by atoms with Crippen molar-refractivity contribution in [2.24, 2.45) is 0 Å². The minimum absolute atomic E-state index is 0.0843. The topological polar surface area (TPSA) is 46.1 Å². The molecule has 0 aliphatic rings. The summed E-state index contributed by atoms with van der Waals surface area (Å²) >= 11 is 3.28. The molecule has 0 saturated carbocycles. The van der Waals surface area contributed by atoms with Crippen molar-refractivity contribution in [3.63, 3.8) is 0 Å². The lowest BCUT2D eigenvalue weighted by Gasteiger charge is -2.18. The van der Waals surface area contributed by atoms with E-state index in [1.807, 2.05) is 71.4 Å². The molecule has 3 heterocycles. The molecule has 0 bridgehead atoms. The number of carbonyl (C=O) groups is 1. The molecule has 164 valence electrons. The number of carbonyl (C=O) groups excluding carboxylic acids is 1. The minimum Gasteiger partial charge on any atom is -0.311 e. The van der Waals surface area contributed by atoms with Crippen LogP contribution in [0, 0.1) is 0 Å². The monoisotopic (exact) mass is 477 g/mol. The van der Waals surface area contributed by atoms with Gasteiger partial charge in [-0.3, -0.25) is 4.79 Å². The average molecular weight is 478 g/mol. The molecule has 3 aromatic carbocycles. The molecule has 6 aromatic rings. The number of anilines is 1. The molecule has 0 spiro atoms. The van der Waals surface area contributed by atoms with Gasteiger partial charge in [0.1, 0.15) is 11.4 Å². The third-order valence-electron chi connectivity index (χ3n) is 5.85. The highest BCUT2D eigenvalue weighted by Crippen LogP contribution is 2.35. The molecule has 4 nitrogen and oxygen atoms in total. The van der Waals surface area contributed by atoms with Gasteiger partial charge in [-0.05, 0) is 64.0 Å². The molecule has 0 radical (unpaired) electrons. The molecule has 0 aliphatic carbocycles. The van der Waals surface area contributed by atoms with E-state index in [4.69, 9.17) is 9.97 Å². The fraction of sp³-hybridized carbons (Fsp3) is 0.0357. The van der Waals surface area contributed by atoms with Crippen molar-refractivity contribution in [1.29, 1.82) is 0 Å². The van der Waals surface area contributed by atoms with Gasteiger partial charge in [-0.15, -0.1) is 22.7 Å². The summed E-state index contributed by atoms with van der Waals surface area (Å²) in [6.45, 7) is 0. The van der Waals surface area contributed by atoms with Crippen molar-refractivity contribution >= 4 is 56.1 Å². The van der Waals surface area contributed by atoms with E-state index in [1.54, 1.807) is 34.6 Å². The van der Waals surface area contributed by atoms with Crippen LogP contribution in [0.2, 0.25) is 0 Å². The Bertz CT molecular complexity index is 1640. The highest BCUT2D eigenvalue weighted by molar-refractivity contribution is 7.14. The summed E-state index contributed by atoms with van der Waals surface area (Å²) in [6.07, 6.45) is 0. The summed E-state index contributed by atoms with van der Waals surface area (Å²) < 4.78 is 0. The van der Waals surface area contributed by atoms with E-state index in [0.717, 1.165) is 43.1 Å². The van der Waals surface area contributed by atoms with Crippen LogP contribution in [-0.4, -0.2) is 22.9 Å². The lowest BCUT2D eigenvalue weighted by molar-refractivity contribution is 0.0993. The Labute approximate surface area is 204 Å². The number of rotatable bonds is 4. The van der Waals surface area contributed by atoms with Crippen LogP contribution >= 0.6 is 22.7 Å². The molecule has 0 atom stereocenters. The van der Waals surface area contributed by atoms with E-state index < -0.39 is 0 Å². The second-order valence-corrected chi connectivity index (χ2v) is 9.87. The maximum Gasteiger partial charge on any atom is 0.258 e. The first-order chi connectivity index (χ1) is 16.7. The highest BCUT2D eigenvalue weighted by Gasteiger charge is 2.18. The van der Waals surface area contributed by atoms with Crippen LogP contribution in [0.3, 0.4) is 0 Å². The highest BCUT2D eigenvalue weighted by atomic mass is 32.1. The number of fused-ring (bicyclic) bond motifs is 2. The van der Waals surface area contributed by atoms with E-state index in [9.17, 15) is 4.79 Å². The van der Waals surface area contributed by atoms with Crippen molar-refractivity contribution in [1.82, 2.24) is 9.97 Å². The van der Waals surface area contributed by atoms with E-state index >= 15 is 0 Å². The lowest BCUT2D eigenvalue weighted by atomic mass is 10.1. The Morgan fingerprint density at radius 1 is 0.706 bits per heavy atom.